The van der Waals surface area contributed by atoms with Crippen LogP contribution in [-0.4, -0.2) is 17.6 Å². The van der Waals surface area contributed by atoms with Crippen molar-refractivity contribution in [2.75, 3.05) is 7.11 Å². The Morgan fingerprint density at radius 3 is 2.75 bits per heavy atom. The van der Waals surface area contributed by atoms with Crippen LogP contribution in [0.5, 0.6) is 0 Å². The lowest BCUT2D eigenvalue weighted by Crippen LogP contribution is -2.30. The lowest BCUT2D eigenvalue weighted by molar-refractivity contribution is -0.151. The first-order valence-corrected chi connectivity index (χ1v) is 6.82. The minimum Gasteiger partial charge on any atom is -0.469 e. The minimum atomic E-state index is -0.616. The van der Waals surface area contributed by atoms with Gasteiger partial charge in [-0.3, -0.25) is 4.79 Å². The van der Waals surface area contributed by atoms with Gasteiger partial charge >= 0.3 is 5.97 Å². The monoisotopic (exact) mass is 294 g/mol. The van der Waals surface area contributed by atoms with Crippen LogP contribution < -0.4 is 5.73 Å². The van der Waals surface area contributed by atoms with Crippen LogP contribution in [0.1, 0.15) is 19.4 Å². The lowest BCUT2D eigenvalue weighted by Gasteiger charge is -2.22. The molecule has 2 N–H and O–H groups in total. The Kier molecular flexibility index (Phi) is 4.06. The summed E-state index contributed by atoms with van der Waals surface area (Å²) in [5.41, 5.74) is 7.18. The Morgan fingerprint density at radius 2 is 2.15 bits per heavy atom. The molecular formula is C15H19ClN2O2. The van der Waals surface area contributed by atoms with Crippen molar-refractivity contribution in [2.24, 2.45) is 11.1 Å². The molecule has 0 aliphatic carbocycles. The van der Waals surface area contributed by atoms with E-state index in [1.807, 2.05) is 42.8 Å². The van der Waals surface area contributed by atoms with Crippen LogP contribution in [0, 0.1) is 5.41 Å². The van der Waals surface area contributed by atoms with Gasteiger partial charge in [0.15, 0.2) is 0 Å². The molecule has 0 aliphatic rings. The SMILES string of the molecule is COC(=O)C(C)(C)Cn1cc(CN)c2ccc(Cl)cc21. The van der Waals surface area contributed by atoms with Crippen molar-refractivity contribution >= 4 is 28.5 Å². The van der Waals surface area contributed by atoms with Gasteiger partial charge in [-0.15, -0.1) is 0 Å². The zero-order valence-corrected chi connectivity index (χ0v) is 12.7. The lowest BCUT2D eigenvalue weighted by atomic mass is 9.93. The summed E-state index contributed by atoms with van der Waals surface area (Å²) < 4.78 is 6.87. The normalized spacial score (nSPS) is 11.8. The van der Waals surface area contributed by atoms with Crippen molar-refractivity contribution in [3.63, 3.8) is 0 Å². The molecular weight excluding hydrogens is 276 g/mol. The standard InChI is InChI=1S/C15H19ClN2O2/c1-15(2,14(19)20-3)9-18-8-10(7-17)12-5-4-11(16)6-13(12)18/h4-6,8H,7,9,17H2,1-3H3. The third kappa shape index (κ3) is 2.67. The molecule has 20 heavy (non-hydrogen) atoms. The average molecular weight is 295 g/mol. The molecule has 108 valence electrons. The Balaban J connectivity index is 2.49. The largest absolute Gasteiger partial charge is 0.469 e. The molecule has 1 aromatic heterocycles. The van der Waals surface area contributed by atoms with E-state index in [9.17, 15) is 4.79 Å². The second kappa shape index (κ2) is 5.46. The highest BCUT2D eigenvalue weighted by atomic mass is 35.5. The predicted octanol–water partition coefficient (Wildman–Crippen LogP) is 2.95. The molecule has 1 heterocycles. The first-order valence-electron chi connectivity index (χ1n) is 6.45. The quantitative estimate of drug-likeness (QED) is 0.882. The third-order valence-electron chi connectivity index (χ3n) is 3.45. The number of rotatable bonds is 4. The Bertz CT molecular complexity index is 647. The van der Waals surface area contributed by atoms with Crippen LogP contribution in [0.25, 0.3) is 10.9 Å². The van der Waals surface area contributed by atoms with Gasteiger partial charge in [-0.05, 0) is 31.5 Å². The van der Waals surface area contributed by atoms with Crippen LogP contribution in [0.15, 0.2) is 24.4 Å². The second-order valence-corrected chi connectivity index (χ2v) is 5.96. The van der Waals surface area contributed by atoms with Crippen LogP contribution in [-0.2, 0) is 22.6 Å². The molecule has 0 amide bonds. The van der Waals surface area contributed by atoms with E-state index in [1.165, 1.54) is 7.11 Å². The van der Waals surface area contributed by atoms with Gasteiger partial charge in [-0.2, -0.15) is 0 Å². The molecule has 2 rings (SSSR count). The van der Waals surface area contributed by atoms with Crippen LogP contribution in [0.2, 0.25) is 5.02 Å². The molecule has 1 aromatic carbocycles. The summed E-state index contributed by atoms with van der Waals surface area (Å²) in [5.74, 6) is -0.240. The summed E-state index contributed by atoms with van der Waals surface area (Å²) in [6, 6.07) is 5.70. The van der Waals surface area contributed by atoms with Gasteiger partial charge in [0.2, 0.25) is 0 Å². The van der Waals surface area contributed by atoms with E-state index in [2.05, 4.69) is 0 Å². The molecule has 0 radical (unpaired) electrons. The van der Waals surface area contributed by atoms with E-state index in [4.69, 9.17) is 22.1 Å². The van der Waals surface area contributed by atoms with Crippen LogP contribution in [0.3, 0.4) is 0 Å². The number of carbonyl (C=O) groups excluding carboxylic acids is 1. The summed E-state index contributed by atoms with van der Waals surface area (Å²) in [5, 5.41) is 1.73. The summed E-state index contributed by atoms with van der Waals surface area (Å²) in [6.07, 6.45) is 1.98. The van der Waals surface area contributed by atoms with E-state index < -0.39 is 5.41 Å². The fourth-order valence-corrected chi connectivity index (χ4v) is 2.57. The second-order valence-electron chi connectivity index (χ2n) is 5.52. The van der Waals surface area contributed by atoms with E-state index in [1.54, 1.807) is 0 Å². The van der Waals surface area contributed by atoms with Gasteiger partial charge in [0.25, 0.3) is 0 Å². The Hall–Kier alpha value is -1.52. The molecule has 0 bridgehead atoms. The molecule has 0 fully saturated rings. The number of halogens is 1. The third-order valence-corrected chi connectivity index (χ3v) is 3.69. The highest BCUT2D eigenvalue weighted by molar-refractivity contribution is 6.31. The van der Waals surface area contributed by atoms with Crippen molar-refractivity contribution in [3.8, 4) is 0 Å². The molecule has 0 atom stereocenters. The molecule has 0 aliphatic heterocycles. The van der Waals surface area contributed by atoms with Gasteiger partial charge in [0, 0.05) is 35.2 Å². The fourth-order valence-electron chi connectivity index (χ4n) is 2.40. The number of hydrogen-bond donors (Lipinski definition) is 1. The molecule has 4 nitrogen and oxygen atoms in total. The van der Waals surface area contributed by atoms with Crippen LogP contribution >= 0.6 is 11.6 Å². The number of esters is 1. The molecule has 0 saturated heterocycles. The first kappa shape index (κ1) is 14.9. The predicted molar refractivity (Wildman–Crippen MR) is 80.6 cm³/mol. The smallest absolute Gasteiger partial charge is 0.313 e. The summed E-state index contributed by atoms with van der Waals surface area (Å²) in [6.45, 7) is 4.68. The van der Waals surface area contributed by atoms with Gasteiger partial charge < -0.3 is 15.0 Å². The zero-order chi connectivity index (χ0) is 14.9. The van der Waals surface area contributed by atoms with Gasteiger partial charge in [-0.25, -0.2) is 0 Å². The topological polar surface area (TPSA) is 57.2 Å². The average Bonchev–Trinajstić information content (AvgIpc) is 2.74. The van der Waals surface area contributed by atoms with Gasteiger partial charge in [-0.1, -0.05) is 17.7 Å². The van der Waals surface area contributed by atoms with Crippen molar-refractivity contribution in [3.05, 3.63) is 35.0 Å². The summed E-state index contributed by atoms with van der Waals surface area (Å²) >= 11 is 6.07. The number of carbonyl (C=O) groups is 1. The highest BCUT2D eigenvalue weighted by Gasteiger charge is 2.29. The number of ether oxygens (including phenoxy) is 1. The van der Waals surface area contributed by atoms with E-state index >= 15 is 0 Å². The van der Waals surface area contributed by atoms with Crippen molar-refractivity contribution in [1.29, 1.82) is 0 Å². The zero-order valence-electron chi connectivity index (χ0n) is 11.9. The summed E-state index contributed by atoms with van der Waals surface area (Å²) in [7, 11) is 1.40. The van der Waals surface area contributed by atoms with Crippen molar-refractivity contribution < 1.29 is 9.53 Å². The van der Waals surface area contributed by atoms with Crippen molar-refractivity contribution in [1.82, 2.24) is 4.57 Å². The van der Waals surface area contributed by atoms with E-state index in [0.29, 0.717) is 18.1 Å². The molecule has 0 unspecified atom stereocenters. The molecule has 0 spiro atoms. The Labute approximate surface area is 123 Å². The van der Waals surface area contributed by atoms with Crippen LogP contribution in [0.4, 0.5) is 0 Å². The number of methoxy groups -OCH3 is 1. The number of nitrogens with zero attached hydrogens (tertiary/aromatic N) is 1. The van der Waals surface area contributed by atoms with E-state index in [-0.39, 0.29) is 5.97 Å². The minimum absolute atomic E-state index is 0.240. The number of benzene rings is 1. The number of aromatic nitrogens is 1. The maximum absolute atomic E-state index is 11.8. The maximum atomic E-state index is 11.8. The van der Waals surface area contributed by atoms with Gasteiger partial charge in [0.05, 0.1) is 12.5 Å². The van der Waals surface area contributed by atoms with Crippen molar-refractivity contribution in [2.45, 2.75) is 26.9 Å². The number of nitrogens with two attached hydrogens (primary N) is 1. The molecule has 2 aromatic rings. The number of fused-ring (bicyclic) bond motifs is 1. The first-order chi connectivity index (χ1) is 9.39. The summed E-state index contributed by atoms with van der Waals surface area (Å²) in [4.78, 5) is 11.8. The van der Waals surface area contributed by atoms with E-state index in [0.717, 1.165) is 16.5 Å². The number of hydrogen-bond acceptors (Lipinski definition) is 3. The maximum Gasteiger partial charge on any atom is 0.313 e. The molecule has 0 saturated carbocycles. The Morgan fingerprint density at radius 1 is 1.45 bits per heavy atom. The van der Waals surface area contributed by atoms with Gasteiger partial charge in [0.1, 0.15) is 0 Å². The fraction of sp³-hybridized carbons (Fsp3) is 0.400. The molecule has 5 heteroatoms. The highest BCUT2D eigenvalue weighted by Crippen LogP contribution is 2.28.